The third kappa shape index (κ3) is 7.33. The Morgan fingerprint density at radius 1 is 0.975 bits per heavy atom. The molecule has 0 radical (unpaired) electrons. The van der Waals surface area contributed by atoms with E-state index in [0.717, 1.165) is 21.6 Å². The number of amides is 2. The first-order valence-electron chi connectivity index (χ1n) is 12.8. The van der Waals surface area contributed by atoms with Crippen LogP contribution in [0.3, 0.4) is 0 Å². The number of aryl methyl sites for hydroxylation is 1. The lowest BCUT2D eigenvalue weighted by molar-refractivity contribution is -0.115. The van der Waals surface area contributed by atoms with E-state index in [1.165, 1.54) is 23.1 Å². The fourth-order valence-corrected chi connectivity index (χ4v) is 6.12. The molecule has 1 heterocycles. The van der Waals surface area contributed by atoms with Crippen molar-refractivity contribution in [2.45, 2.75) is 37.3 Å². The number of hydrogen-bond donors (Lipinski definition) is 2. The van der Waals surface area contributed by atoms with Gasteiger partial charge in [-0.05, 0) is 62.2 Å². The van der Waals surface area contributed by atoms with E-state index >= 15 is 0 Å². The predicted octanol–water partition coefficient (Wildman–Crippen LogP) is 8.32. The highest BCUT2D eigenvalue weighted by molar-refractivity contribution is 8.00. The Labute approximate surface area is 247 Å². The summed E-state index contributed by atoms with van der Waals surface area (Å²) < 4.78 is 5.33. The highest BCUT2D eigenvalue weighted by atomic mass is 35.5. The van der Waals surface area contributed by atoms with Crippen LogP contribution in [0.25, 0.3) is 11.1 Å². The lowest BCUT2D eigenvalue weighted by Crippen LogP contribution is -2.25. The van der Waals surface area contributed by atoms with Crippen LogP contribution in [0, 0.1) is 6.92 Å². The molecular formula is C31H29ClN2O4S2. The van der Waals surface area contributed by atoms with Crippen LogP contribution in [-0.4, -0.2) is 29.6 Å². The normalized spacial score (nSPS) is 11.5. The third-order valence-corrected chi connectivity index (χ3v) is 8.48. The second-order valence-corrected chi connectivity index (χ2v) is 11.5. The van der Waals surface area contributed by atoms with Crippen LogP contribution < -0.4 is 10.6 Å². The number of benzene rings is 3. The van der Waals surface area contributed by atoms with Gasteiger partial charge in [0.2, 0.25) is 5.91 Å². The van der Waals surface area contributed by atoms with Gasteiger partial charge in [-0.1, -0.05) is 60.5 Å². The van der Waals surface area contributed by atoms with Gasteiger partial charge in [0.15, 0.2) is 0 Å². The number of hydrogen-bond acceptors (Lipinski definition) is 6. The van der Waals surface area contributed by atoms with Crippen molar-refractivity contribution < 1.29 is 19.1 Å². The summed E-state index contributed by atoms with van der Waals surface area (Å²) in [6, 6.07) is 21.9. The Bertz CT molecular complexity index is 1520. The van der Waals surface area contributed by atoms with Crippen LogP contribution in [-0.2, 0) is 9.53 Å². The predicted molar refractivity (Wildman–Crippen MR) is 165 cm³/mol. The minimum absolute atomic E-state index is 0.219. The zero-order valence-corrected chi connectivity index (χ0v) is 24.7. The smallest absolute Gasteiger partial charge is 0.341 e. The molecule has 4 aromatic rings. The number of carbonyl (C=O) groups is 3. The first-order valence-corrected chi connectivity index (χ1v) is 14.9. The number of nitrogens with one attached hydrogen (secondary N) is 2. The van der Waals surface area contributed by atoms with Crippen molar-refractivity contribution in [1.29, 1.82) is 0 Å². The maximum Gasteiger partial charge on any atom is 0.341 e. The van der Waals surface area contributed by atoms with Gasteiger partial charge in [0.1, 0.15) is 10.6 Å². The molecule has 6 nitrogen and oxygen atoms in total. The van der Waals surface area contributed by atoms with Crippen molar-refractivity contribution >= 4 is 63.2 Å². The number of rotatable bonds is 10. The van der Waals surface area contributed by atoms with Crippen molar-refractivity contribution in [3.63, 3.8) is 0 Å². The lowest BCUT2D eigenvalue weighted by Gasteiger charge is -2.16. The summed E-state index contributed by atoms with van der Waals surface area (Å²) >= 11 is 8.70. The SMILES string of the molecule is CCOC(=O)c1c(-c2ccc(C)cc2)csc1NC(=O)C(CC)Sc1cccc(NC(=O)c2cccc(Cl)c2)c1. The van der Waals surface area contributed by atoms with Crippen LogP contribution >= 0.6 is 34.7 Å². The van der Waals surface area contributed by atoms with Crippen molar-refractivity contribution in [3.8, 4) is 11.1 Å². The van der Waals surface area contributed by atoms with Crippen LogP contribution in [0.5, 0.6) is 0 Å². The average molecular weight is 593 g/mol. The minimum Gasteiger partial charge on any atom is -0.462 e. The maximum atomic E-state index is 13.4. The average Bonchev–Trinajstić information content (AvgIpc) is 3.35. The third-order valence-electron chi connectivity index (χ3n) is 5.99. The molecule has 9 heteroatoms. The lowest BCUT2D eigenvalue weighted by atomic mass is 10.0. The number of carbonyl (C=O) groups excluding carboxylic acids is 3. The summed E-state index contributed by atoms with van der Waals surface area (Å²) in [7, 11) is 0. The molecule has 0 aliphatic heterocycles. The van der Waals surface area contributed by atoms with Gasteiger partial charge >= 0.3 is 5.97 Å². The molecule has 2 amide bonds. The van der Waals surface area contributed by atoms with Crippen molar-refractivity contribution in [2.75, 3.05) is 17.2 Å². The summed E-state index contributed by atoms with van der Waals surface area (Å²) in [6.07, 6.45) is 0.556. The van der Waals surface area contributed by atoms with Crippen LogP contribution in [0.1, 0.15) is 46.5 Å². The Hall–Kier alpha value is -3.59. The minimum atomic E-state index is -0.474. The molecule has 0 aliphatic carbocycles. The monoisotopic (exact) mass is 592 g/mol. The molecule has 0 spiro atoms. The van der Waals surface area contributed by atoms with E-state index in [2.05, 4.69) is 10.6 Å². The quantitative estimate of drug-likeness (QED) is 0.143. The molecule has 206 valence electrons. The number of anilines is 2. The van der Waals surface area contributed by atoms with Gasteiger partial charge in [-0.2, -0.15) is 0 Å². The van der Waals surface area contributed by atoms with Gasteiger partial charge in [-0.3, -0.25) is 9.59 Å². The zero-order valence-electron chi connectivity index (χ0n) is 22.3. The van der Waals surface area contributed by atoms with Crippen molar-refractivity contribution in [3.05, 3.63) is 99.9 Å². The van der Waals surface area contributed by atoms with Gasteiger partial charge in [0.05, 0.1) is 11.9 Å². The van der Waals surface area contributed by atoms with Gasteiger partial charge < -0.3 is 15.4 Å². The van der Waals surface area contributed by atoms with Crippen LogP contribution in [0.4, 0.5) is 10.7 Å². The molecule has 3 aromatic carbocycles. The van der Waals surface area contributed by atoms with E-state index in [1.807, 2.05) is 61.7 Å². The van der Waals surface area contributed by atoms with Gasteiger partial charge in [-0.15, -0.1) is 23.1 Å². The van der Waals surface area contributed by atoms with Crippen molar-refractivity contribution in [1.82, 2.24) is 0 Å². The van der Waals surface area contributed by atoms with Crippen LogP contribution in [0.15, 0.2) is 83.1 Å². The van der Waals surface area contributed by atoms with Crippen LogP contribution in [0.2, 0.25) is 5.02 Å². The Balaban J connectivity index is 1.50. The molecule has 1 atom stereocenters. The molecule has 0 saturated carbocycles. The summed E-state index contributed by atoms with van der Waals surface area (Å²) in [5.41, 5.74) is 4.13. The Morgan fingerprint density at radius 2 is 1.73 bits per heavy atom. The van der Waals surface area contributed by atoms with E-state index in [0.29, 0.717) is 33.3 Å². The zero-order chi connectivity index (χ0) is 28.6. The molecule has 0 aliphatic rings. The van der Waals surface area contributed by atoms with E-state index < -0.39 is 11.2 Å². The number of halogens is 1. The van der Waals surface area contributed by atoms with Gasteiger partial charge in [-0.25, -0.2) is 4.79 Å². The van der Waals surface area contributed by atoms with E-state index in [4.69, 9.17) is 16.3 Å². The molecule has 1 unspecified atom stereocenters. The van der Waals surface area contributed by atoms with Gasteiger partial charge in [0, 0.05) is 32.1 Å². The largest absolute Gasteiger partial charge is 0.462 e. The molecule has 1 aromatic heterocycles. The number of thiophene rings is 1. The molecule has 2 N–H and O–H groups in total. The number of thioether (sulfide) groups is 1. The topological polar surface area (TPSA) is 84.5 Å². The summed E-state index contributed by atoms with van der Waals surface area (Å²) in [6.45, 7) is 5.91. The molecule has 0 fully saturated rings. The van der Waals surface area contributed by atoms with E-state index in [9.17, 15) is 14.4 Å². The molecule has 0 bridgehead atoms. The molecule has 40 heavy (non-hydrogen) atoms. The summed E-state index contributed by atoms with van der Waals surface area (Å²) in [5.74, 6) is -0.967. The first-order chi connectivity index (χ1) is 19.3. The highest BCUT2D eigenvalue weighted by Gasteiger charge is 2.25. The Morgan fingerprint density at radius 3 is 2.42 bits per heavy atom. The fourth-order valence-electron chi connectivity index (χ4n) is 3.96. The summed E-state index contributed by atoms with van der Waals surface area (Å²) in [5, 5.41) is 8.23. The van der Waals surface area contributed by atoms with Gasteiger partial charge in [0.25, 0.3) is 5.91 Å². The fraction of sp³-hybridized carbons (Fsp3) is 0.194. The summed E-state index contributed by atoms with van der Waals surface area (Å²) in [4.78, 5) is 39.8. The highest BCUT2D eigenvalue weighted by Crippen LogP contribution is 2.37. The first kappa shape index (κ1) is 29.4. The van der Waals surface area contributed by atoms with E-state index in [1.54, 1.807) is 37.3 Å². The molecular weight excluding hydrogens is 564 g/mol. The number of esters is 1. The molecule has 4 rings (SSSR count). The maximum absolute atomic E-state index is 13.4. The van der Waals surface area contributed by atoms with Crippen molar-refractivity contribution in [2.24, 2.45) is 0 Å². The standard InChI is InChI=1S/C31H29ClN2O4S2/c1-4-26(40-24-11-7-10-23(17-24)33-28(35)21-8-6-9-22(32)16-21)29(36)34-30-27(31(37)38-5-2)25(18-39-30)20-14-12-19(3)13-15-20/h6-18,26H,4-5H2,1-3H3,(H,33,35)(H,34,36). The van der Waals surface area contributed by atoms with E-state index in [-0.39, 0.29) is 18.4 Å². The second-order valence-electron chi connectivity index (χ2n) is 8.94. The second kappa shape index (κ2) is 13.7. The number of ether oxygens (including phenoxy) is 1. The Kier molecular flexibility index (Phi) is 10.0. The molecule has 0 saturated heterocycles.